The van der Waals surface area contributed by atoms with Gasteiger partial charge in [-0.15, -0.1) is 0 Å². The second-order valence-electron chi connectivity index (χ2n) is 5.00. The molecule has 0 saturated heterocycles. The molecule has 98 valence electrons. The third kappa shape index (κ3) is 3.09. The van der Waals surface area contributed by atoms with E-state index in [1.54, 1.807) is 12.1 Å². The third-order valence-electron chi connectivity index (χ3n) is 3.18. The summed E-state index contributed by atoms with van der Waals surface area (Å²) in [4.78, 5) is 12.0. The maximum atomic E-state index is 12.0. The highest BCUT2D eigenvalue weighted by Gasteiger charge is 2.20. The molecular formula is C17H18O2. The molecule has 2 heteroatoms. The molecule has 2 rings (SSSR count). The molecule has 1 unspecified atom stereocenters. The fraction of sp³-hybridized carbons (Fsp3) is 0.235. The first kappa shape index (κ1) is 13.5. The van der Waals surface area contributed by atoms with Crippen LogP contribution in [-0.2, 0) is 0 Å². The molecule has 0 fully saturated rings. The zero-order chi connectivity index (χ0) is 13.8. The molecule has 2 aromatic carbocycles. The largest absolute Gasteiger partial charge is 0.385 e. The van der Waals surface area contributed by atoms with E-state index in [0.717, 1.165) is 11.1 Å². The zero-order valence-electron chi connectivity index (χ0n) is 11.2. The summed E-state index contributed by atoms with van der Waals surface area (Å²) in [5.41, 5.74) is 2.74. The van der Waals surface area contributed by atoms with Crippen LogP contribution in [0.25, 0.3) is 11.1 Å². The molecule has 0 aliphatic heterocycles. The first-order valence-electron chi connectivity index (χ1n) is 6.47. The molecule has 0 aliphatic rings. The molecule has 0 aromatic heterocycles. The van der Waals surface area contributed by atoms with Crippen LogP contribution in [0.1, 0.15) is 24.2 Å². The van der Waals surface area contributed by atoms with Crippen LogP contribution < -0.4 is 0 Å². The number of carbonyl (C=O) groups excluding carboxylic acids is 1. The van der Waals surface area contributed by atoms with Gasteiger partial charge in [-0.1, -0.05) is 68.4 Å². The number of aliphatic hydroxyl groups excluding tert-OH is 1. The topological polar surface area (TPSA) is 37.3 Å². The molecule has 2 nitrogen and oxygen atoms in total. The van der Waals surface area contributed by atoms with Crippen molar-refractivity contribution in [1.29, 1.82) is 0 Å². The average Bonchev–Trinajstić information content (AvgIpc) is 2.46. The van der Waals surface area contributed by atoms with Crippen LogP contribution in [0.15, 0.2) is 54.6 Å². The highest BCUT2D eigenvalue weighted by Crippen LogP contribution is 2.20. The average molecular weight is 254 g/mol. The van der Waals surface area contributed by atoms with Gasteiger partial charge in [-0.25, -0.2) is 0 Å². The lowest BCUT2D eigenvalue weighted by Crippen LogP contribution is -2.25. The molecule has 1 atom stereocenters. The summed E-state index contributed by atoms with van der Waals surface area (Å²) in [6, 6.07) is 17.4. The summed E-state index contributed by atoms with van der Waals surface area (Å²) < 4.78 is 0. The van der Waals surface area contributed by atoms with E-state index >= 15 is 0 Å². The number of benzene rings is 2. The summed E-state index contributed by atoms with van der Waals surface area (Å²) in [5.74, 6) is -0.282. The Morgan fingerprint density at radius 2 is 1.42 bits per heavy atom. The Kier molecular flexibility index (Phi) is 4.13. The van der Waals surface area contributed by atoms with Crippen LogP contribution in [0, 0.1) is 5.92 Å². The Morgan fingerprint density at radius 1 is 0.895 bits per heavy atom. The van der Waals surface area contributed by atoms with E-state index in [1.807, 2.05) is 56.3 Å². The lowest BCUT2D eigenvalue weighted by atomic mass is 9.96. The second kappa shape index (κ2) is 5.81. The summed E-state index contributed by atoms with van der Waals surface area (Å²) in [7, 11) is 0. The van der Waals surface area contributed by atoms with Gasteiger partial charge in [0.1, 0.15) is 6.10 Å². The maximum Gasteiger partial charge on any atom is 0.191 e. The van der Waals surface area contributed by atoms with E-state index < -0.39 is 6.10 Å². The van der Waals surface area contributed by atoms with E-state index in [-0.39, 0.29) is 11.7 Å². The fourth-order valence-electron chi connectivity index (χ4n) is 1.93. The molecular weight excluding hydrogens is 236 g/mol. The monoisotopic (exact) mass is 254 g/mol. The molecule has 0 aliphatic carbocycles. The molecule has 19 heavy (non-hydrogen) atoms. The van der Waals surface area contributed by atoms with Crippen molar-refractivity contribution in [2.24, 2.45) is 5.92 Å². The van der Waals surface area contributed by atoms with Gasteiger partial charge in [0.05, 0.1) is 0 Å². The highest BCUT2D eigenvalue weighted by atomic mass is 16.3. The van der Waals surface area contributed by atoms with Gasteiger partial charge in [-0.3, -0.25) is 4.79 Å². The Labute approximate surface area is 113 Å². The Balaban J connectivity index is 2.22. The van der Waals surface area contributed by atoms with Crippen molar-refractivity contribution in [2.45, 2.75) is 20.0 Å². The normalized spacial score (nSPS) is 12.4. The van der Waals surface area contributed by atoms with Crippen LogP contribution >= 0.6 is 0 Å². The van der Waals surface area contributed by atoms with Gasteiger partial charge in [0.2, 0.25) is 0 Å². The van der Waals surface area contributed by atoms with Crippen LogP contribution in [-0.4, -0.2) is 17.0 Å². The molecule has 2 aromatic rings. The smallest absolute Gasteiger partial charge is 0.191 e. The summed E-state index contributed by atoms with van der Waals surface area (Å²) >= 11 is 0. The van der Waals surface area contributed by atoms with Gasteiger partial charge in [0.15, 0.2) is 5.78 Å². The summed E-state index contributed by atoms with van der Waals surface area (Å²) in [6.45, 7) is 3.67. The molecule has 1 N–H and O–H groups in total. The summed E-state index contributed by atoms with van der Waals surface area (Å²) in [5, 5.41) is 9.79. The first-order valence-corrected chi connectivity index (χ1v) is 6.47. The quantitative estimate of drug-likeness (QED) is 0.847. The minimum atomic E-state index is -0.928. The lowest BCUT2D eigenvalue weighted by molar-refractivity contribution is 0.0648. The number of ketones is 1. The van der Waals surface area contributed by atoms with Crippen LogP contribution in [0.5, 0.6) is 0 Å². The van der Waals surface area contributed by atoms with Crippen molar-refractivity contribution in [3.8, 4) is 11.1 Å². The number of rotatable bonds is 4. The molecule has 0 heterocycles. The van der Waals surface area contributed by atoms with Gasteiger partial charge in [0, 0.05) is 5.56 Å². The molecule has 0 radical (unpaired) electrons. The van der Waals surface area contributed by atoms with Crippen molar-refractivity contribution in [2.75, 3.05) is 0 Å². The fourth-order valence-corrected chi connectivity index (χ4v) is 1.93. The third-order valence-corrected chi connectivity index (χ3v) is 3.18. The Hall–Kier alpha value is -1.93. The zero-order valence-corrected chi connectivity index (χ0v) is 11.2. The van der Waals surface area contributed by atoms with Gasteiger partial charge in [-0.2, -0.15) is 0 Å². The molecule has 0 amide bonds. The van der Waals surface area contributed by atoms with Crippen molar-refractivity contribution < 1.29 is 9.90 Å². The maximum absolute atomic E-state index is 12.0. The standard InChI is InChI=1S/C17H18O2/c1-12(2)16(18)17(19)15-10-8-14(9-11-15)13-6-4-3-5-7-13/h3-12,16,18H,1-2H3. The van der Waals surface area contributed by atoms with Crippen molar-refractivity contribution in [3.05, 3.63) is 60.2 Å². The van der Waals surface area contributed by atoms with Gasteiger partial charge >= 0.3 is 0 Å². The minimum absolute atomic E-state index is 0.0682. The molecule has 0 spiro atoms. The number of Topliss-reactive ketones (excluding diaryl/α,β-unsaturated/α-hetero) is 1. The first-order chi connectivity index (χ1) is 9.09. The van der Waals surface area contributed by atoms with E-state index in [2.05, 4.69) is 0 Å². The van der Waals surface area contributed by atoms with Crippen molar-refractivity contribution in [1.82, 2.24) is 0 Å². The predicted molar refractivity (Wildman–Crippen MR) is 77.1 cm³/mol. The predicted octanol–water partition coefficient (Wildman–Crippen LogP) is 3.55. The van der Waals surface area contributed by atoms with Gasteiger partial charge in [-0.05, 0) is 17.0 Å². The SMILES string of the molecule is CC(C)C(O)C(=O)c1ccc(-c2ccccc2)cc1. The van der Waals surface area contributed by atoms with E-state index in [4.69, 9.17) is 0 Å². The molecule has 0 bridgehead atoms. The van der Waals surface area contributed by atoms with E-state index in [9.17, 15) is 9.90 Å². The Morgan fingerprint density at radius 3 is 1.95 bits per heavy atom. The van der Waals surface area contributed by atoms with Crippen molar-refractivity contribution in [3.63, 3.8) is 0 Å². The lowest BCUT2D eigenvalue weighted by Gasteiger charge is -2.13. The second-order valence-corrected chi connectivity index (χ2v) is 5.00. The summed E-state index contributed by atoms with van der Waals surface area (Å²) in [6.07, 6.45) is -0.928. The number of hydrogen-bond acceptors (Lipinski definition) is 2. The van der Waals surface area contributed by atoms with Gasteiger partial charge in [0.25, 0.3) is 0 Å². The van der Waals surface area contributed by atoms with Crippen molar-refractivity contribution >= 4 is 5.78 Å². The Bertz CT molecular complexity index is 541. The van der Waals surface area contributed by atoms with Crippen LogP contribution in [0.3, 0.4) is 0 Å². The van der Waals surface area contributed by atoms with Crippen LogP contribution in [0.4, 0.5) is 0 Å². The number of hydrogen-bond donors (Lipinski definition) is 1. The van der Waals surface area contributed by atoms with E-state index in [1.165, 1.54) is 0 Å². The minimum Gasteiger partial charge on any atom is -0.385 e. The van der Waals surface area contributed by atoms with E-state index in [0.29, 0.717) is 5.56 Å². The van der Waals surface area contributed by atoms with Crippen LogP contribution in [0.2, 0.25) is 0 Å². The highest BCUT2D eigenvalue weighted by molar-refractivity contribution is 5.99. The number of carbonyl (C=O) groups is 1. The molecule has 0 saturated carbocycles. The van der Waals surface area contributed by atoms with Gasteiger partial charge < -0.3 is 5.11 Å². The number of aliphatic hydroxyl groups is 1.